The van der Waals surface area contributed by atoms with E-state index in [4.69, 9.17) is 18.0 Å². The minimum absolute atomic E-state index is 0.120. The molecule has 3 N–H and O–H groups in total. The number of alkyl halides is 3. The van der Waals surface area contributed by atoms with Crippen molar-refractivity contribution in [3.8, 4) is 0 Å². The first-order valence-corrected chi connectivity index (χ1v) is 7.81. The van der Waals surface area contributed by atoms with Gasteiger partial charge in [0.05, 0.1) is 11.3 Å². The van der Waals surface area contributed by atoms with Gasteiger partial charge in [0.15, 0.2) is 0 Å². The molecule has 0 aliphatic heterocycles. The second-order valence-corrected chi connectivity index (χ2v) is 6.84. The van der Waals surface area contributed by atoms with Crippen LogP contribution < -0.4 is 10.5 Å². The number of aryl methyl sites for hydroxylation is 1. The number of hydrogen-bond donors (Lipinski definition) is 2. The van der Waals surface area contributed by atoms with Gasteiger partial charge in [0, 0.05) is 11.6 Å². The summed E-state index contributed by atoms with van der Waals surface area (Å²) in [5.41, 5.74) is 6.52. The highest BCUT2D eigenvalue weighted by Gasteiger charge is 2.32. The van der Waals surface area contributed by atoms with Crippen LogP contribution in [-0.2, 0) is 10.0 Å². The van der Waals surface area contributed by atoms with Crippen LogP contribution in [0, 0.1) is 6.92 Å². The first kappa shape index (κ1) is 17.9. The lowest BCUT2D eigenvalue weighted by atomic mass is 10.1. The zero-order chi connectivity index (χ0) is 16.4. The van der Waals surface area contributed by atoms with Crippen LogP contribution in [0.15, 0.2) is 23.1 Å². The third-order valence-electron chi connectivity index (χ3n) is 2.67. The van der Waals surface area contributed by atoms with Crippen LogP contribution in [0.3, 0.4) is 0 Å². The largest absolute Gasteiger partial charge is 0.390 e. The van der Waals surface area contributed by atoms with Gasteiger partial charge in [-0.25, -0.2) is 13.1 Å². The predicted molar refractivity (Wildman–Crippen MR) is 77.5 cm³/mol. The first-order valence-electron chi connectivity index (χ1n) is 5.92. The molecule has 0 saturated carbocycles. The van der Waals surface area contributed by atoms with Crippen LogP contribution in [0.25, 0.3) is 0 Å². The van der Waals surface area contributed by atoms with Crippen molar-refractivity contribution in [1.82, 2.24) is 4.72 Å². The van der Waals surface area contributed by atoms with Crippen molar-refractivity contribution < 1.29 is 21.6 Å². The highest BCUT2D eigenvalue weighted by Crippen LogP contribution is 2.22. The van der Waals surface area contributed by atoms with E-state index >= 15 is 0 Å². The lowest BCUT2D eigenvalue weighted by Gasteiger charge is -2.16. The SMILES string of the molecule is Cc1cc(S(=O)(=O)NC(C)CC(F)(F)F)ccc1C(N)=S. The van der Waals surface area contributed by atoms with Crippen LogP contribution in [-0.4, -0.2) is 25.6 Å². The minimum Gasteiger partial charge on any atom is -0.389 e. The average Bonchev–Trinajstić information content (AvgIpc) is 2.24. The molecule has 9 heteroatoms. The summed E-state index contributed by atoms with van der Waals surface area (Å²) in [7, 11) is -4.03. The molecule has 0 aliphatic rings. The van der Waals surface area contributed by atoms with Crippen molar-refractivity contribution in [2.24, 2.45) is 5.73 Å². The Morgan fingerprint density at radius 1 is 1.43 bits per heavy atom. The van der Waals surface area contributed by atoms with Crippen LogP contribution in [0.2, 0.25) is 0 Å². The van der Waals surface area contributed by atoms with Gasteiger partial charge in [-0.1, -0.05) is 18.3 Å². The van der Waals surface area contributed by atoms with Crippen LogP contribution >= 0.6 is 12.2 Å². The molecule has 0 aliphatic carbocycles. The number of halogens is 3. The van der Waals surface area contributed by atoms with Crippen LogP contribution in [0.1, 0.15) is 24.5 Å². The highest BCUT2D eigenvalue weighted by atomic mass is 32.2. The standard InChI is InChI=1S/C12H15F3N2O2S2/c1-7-5-9(3-4-10(7)11(16)20)21(18,19)17-8(2)6-12(13,14)15/h3-5,8,17H,6H2,1-2H3,(H2,16,20). The molecule has 1 aromatic rings. The lowest BCUT2D eigenvalue weighted by Crippen LogP contribution is -2.36. The van der Waals surface area contributed by atoms with E-state index < -0.39 is 28.7 Å². The Bertz CT molecular complexity index is 642. The maximum atomic E-state index is 12.2. The Morgan fingerprint density at radius 2 is 2.00 bits per heavy atom. The van der Waals surface area contributed by atoms with Gasteiger partial charge in [-0.3, -0.25) is 0 Å². The van der Waals surface area contributed by atoms with Crippen molar-refractivity contribution >= 4 is 27.2 Å². The number of benzene rings is 1. The van der Waals surface area contributed by atoms with Crippen LogP contribution in [0.5, 0.6) is 0 Å². The van der Waals surface area contributed by atoms with E-state index in [-0.39, 0.29) is 9.88 Å². The summed E-state index contributed by atoms with van der Waals surface area (Å²) < 4.78 is 62.7. The molecule has 0 amide bonds. The number of nitrogens with two attached hydrogens (primary N) is 1. The maximum Gasteiger partial charge on any atom is 0.390 e. The Hall–Kier alpha value is -1.19. The minimum atomic E-state index is -4.44. The van der Waals surface area contributed by atoms with Gasteiger partial charge in [-0.2, -0.15) is 13.2 Å². The fourth-order valence-corrected chi connectivity index (χ4v) is 3.36. The van der Waals surface area contributed by atoms with E-state index in [0.717, 1.165) is 6.92 Å². The fraction of sp³-hybridized carbons (Fsp3) is 0.417. The molecule has 1 unspecified atom stereocenters. The Morgan fingerprint density at radius 3 is 2.43 bits per heavy atom. The van der Waals surface area contributed by atoms with Gasteiger partial charge in [0.2, 0.25) is 10.0 Å². The van der Waals surface area contributed by atoms with Gasteiger partial charge in [0.25, 0.3) is 0 Å². The third kappa shape index (κ3) is 5.25. The van der Waals surface area contributed by atoms with Gasteiger partial charge in [0.1, 0.15) is 4.99 Å². The van der Waals surface area contributed by atoms with E-state index in [0.29, 0.717) is 11.1 Å². The summed E-state index contributed by atoms with van der Waals surface area (Å²) >= 11 is 4.80. The van der Waals surface area contributed by atoms with Crippen molar-refractivity contribution in [2.75, 3.05) is 0 Å². The Kier molecular flexibility index (Phi) is 5.35. The number of thiocarbonyl (C=S) groups is 1. The monoisotopic (exact) mass is 340 g/mol. The number of nitrogens with one attached hydrogen (secondary N) is 1. The predicted octanol–water partition coefficient (Wildman–Crippen LogP) is 2.25. The molecule has 1 atom stereocenters. The zero-order valence-electron chi connectivity index (χ0n) is 11.4. The molecule has 0 saturated heterocycles. The molecular formula is C12H15F3N2O2S2. The van der Waals surface area contributed by atoms with E-state index in [1.807, 2.05) is 4.72 Å². The van der Waals surface area contributed by atoms with Crippen molar-refractivity contribution in [3.63, 3.8) is 0 Å². The lowest BCUT2D eigenvalue weighted by molar-refractivity contribution is -0.137. The molecule has 0 heterocycles. The molecule has 0 spiro atoms. The molecule has 4 nitrogen and oxygen atoms in total. The second kappa shape index (κ2) is 6.29. The number of sulfonamides is 1. The Balaban J connectivity index is 2.98. The van der Waals surface area contributed by atoms with Gasteiger partial charge in [-0.05, 0) is 31.5 Å². The summed E-state index contributed by atoms with van der Waals surface area (Å²) in [6.45, 7) is 2.77. The normalized spacial score (nSPS) is 14.0. The van der Waals surface area contributed by atoms with Gasteiger partial charge >= 0.3 is 6.18 Å². The molecule has 21 heavy (non-hydrogen) atoms. The fourth-order valence-electron chi connectivity index (χ4n) is 1.80. The summed E-state index contributed by atoms with van der Waals surface area (Å²) in [6, 6.07) is 2.74. The van der Waals surface area contributed by atoms with Crippen molar-refractivity contribution in [2.45, 2.75) is 37.4 Å². The third-order valence-corrected chi connectivity index (χ3v) is 4.47. The van der Waals surface area contributed by atoms with Crippen LogP contribution in [0.4, 0.5) is 13.2 Å². The highest BCUT2D eigenvalue weighted by molar-refractivity contribution is 7.89. The number of hydrogen-bond acceptors (Lipinski definition) is 3. The maximum absolute atomic E-state index is 12.2. The second-order valence-electron chi connectivity index (χ2n) is 4.68. The zero-order valence-corrected chi connectivity index (χ0v) is 13.0. The quantitative estimate of drug-likeness (QED) is 0.807. The smallest absolute Gasteiger partial charge is 0.389 e. The average molecular weight is 340 g/mol. The molecule has 118 valence electrons. The molecule has 0 fully saturated rings. The van der Waals surface area contributed by atoms with E-state index in [1.165, 1.54) is 18.2 Å². The Labute approximate surface area is 126 Å². The van der Waals surface area contributed by atoms with E-state index in [1.54, 1.807) is 6.92 Å². The molecule has 0 aromatic heterocycles. The molecular weight excluding hydrogens is 325 g/mol. The van der Waals surface area contributed by atoms with Gasteiger partial charge in [-0.15, -0.1) is 0 Å². The van der Waals surface area contributed by atoms with E-state index in [2.05, 4.69) is 0 Å². The molecule has 0 radical (unpaired) electrons. The molecule has 1 rings (SSSR count). The number of rotatable bonds is 5. The first-order chi connectivity index (χ1) is 9.42. The van der Waals surface area contributed by atoms with Gasteiger partial charge < -0.3 is 5.73 Å². The van der Waals surface area contributed by atoms with Crippen molar-refractivity contribution in [3.05, 3.63) is 29.3 Å². The summed E-state index contributed by atoms with van der Waals surface area (Å²) in [6.07, 6.45) is -5.68. The summed E-state index contributed by atoms with van der Waals surface area (Å²) in [5, 5.41) is 0. The summed E-state index contributed by atoms with van der Waals surface area (Å²) in [4.78, 5) is -0.0103. The molecule has 0 bridgehead atoms. The summed E-state index contributed by atoms with van der Waals surface area (Å²) in [5.74, 6) is 0. The molecule has 1 aromatic carbocycles. The van der Waals surface area contributed by atoms with Crippen molar-refractivity contribution in [1.29, 1.82) is 0 Å². The topological polar surface area (TPSA) is 72.2 Å². The van der Waals surface area contributed by atoms with E-state index in [9.17, 15) is 21.6 Å².